The molecule has 0 atom stereocenters. The van der Waals surface area contributed by atoms with Gasteiger partial charge in [-0.15, -0.1) is 0 Å². The van der Waals surface area contributed by atoms with Gasteiger partial charge in [0.15, 0.2) is 0 Å². The predicted octanol–water partition coefficient (Wildman–Crippen LogP) is 2.68. The molecule has 4 heteroatoms. The number of hydrogen-bond donors (Lipinski definition) is 1. The number of halogens is 1. The lowest BCUT2D eigenvalue weighted by Crippen LogP contribution is -2.27. The summed E-state index contributed by atoms with van der Waals surface area (Å²) in [6.07, 6.45) is 0. The maximum absolute atomic E-state index is 13.0. The van der Waals surface area contributed by atoms with Crippen LogP contribution in [-0.4, -0.2) is 5.91 Å². The molecule has 0 aromatic heterocycles. The lowest BCUT2D eigenvalue weighted by Gasteiger charge is -2.17. The van der Waals surface area contributed by atoms with Gasteiger partial charge in [0.25, 0.3) is 0 Å². The Bertz CT molecular complexity index is 455. The molecule has 0 unspecified atom stereocenters. The van der Waals surface area contributed by atoms with Crippen molar-refractivity contribution in [2.24, 2.45) is 5.41 Å². The second kappa shape index (κ2) is 4.31. The molecule has 3 nitrogen and oxygen atoms in total. The fourth-order valence-corrected chi connectivity index (χ4v) is 1.01. The van der Waals surface area contributed by atoms with Gasteiger partial charge in [0.1, 0.15) is 11.9 Å². The highest BCUT2D eigenvalue weighted by atomic mass is 19.1. The second-order valence-electron chi connectivity index (χ2n) is 4.51. The highest BCUT2D eigenvalue weighted by molar-refractivity contribution is 5.94. The van der Waals surface area contributed by atoms with E-state index in [9.17, 15) is 9.18 Å². The molecule has 0 aliphatic carbocycles. The van der Waals surface area contributed by atoms with Crippen molar-refractivity contribution >= 4 is 11.6 Å². The molecule has 0 spiro atoms. The third kappa shape index (κ3) is 2.80. The molecule has 0 saturated heterocycles. The van der Waals surface area contributed by atoms with Crippen LogP contribution in [0.25, 0.3) is 0 Å². The molecule has 16 heavy (non-hydrogen) atoms. The van der Waals surface area contributed by atoms with Crippen molar-refractivity contribution in [3.8, 4) is 6.07 Å². The number of nitrogens with one attached hydrogen (secondary N) is 1. The highest BCUT2D eigenvalue weighted by Gasteiger charge is 2.21. The van der Waals surface area contributed by atoms with Gasteiger partial charge in [0.2, 0.25) is 5.91 Å². The van der Waals surface area contributed by atoms with E-state index in [4.69, 9.17) is 5.26 Å². The first-order valence-corrected chi connectivity index (χ1v) is 4.85. The Morgan fingerprint density at radius 2 is 2.06 bits per heavy atom. The zero-order valence-electron chi connectivity index (χ0n) is 9.47. The molecule has 0 saturated carbocycles. The first-order chi connectivity index (χ1) is 7.34. The standard InChI is InChI=1S/C12H13FN2O/c1-12(2,3)11(16)15-9-4-5-10(13)8(6-9)7-14/h4-6H,1-3H3,(H,15,16). The van der Waals surface area contributed by atoms with E-state index in [0.29, 0.717) is 5.69 Å². The number of carbonyl (C=O) groups is 1. The lowest BCUT2D eigenvalue weighted by atomic mass is 9.95. The van der Waals surface area contributed by atoms with E-state index in [0.717, 1.165) is 6.07 Å². The summed E-state index contributed by atoms with van der Waals surface area (Å²) in [7, 11) is 0. The van der Waals surface area contributed by atoms with Crippen LogP contribution in [0, 0.1) is 22.6 Å². The third-order valence-corrected chi connectivity index (χ3v) is 2.03. The van der Waals surface area contributed by atoms with Gasteiger partial charge in [-0.05, 0) is 18.2 Å². The number of carbonyl (C=O) groups excluding carboxylic acids is 1. The summed E-state index contributed by atoms with van der Waals surface area (Å²) in [5.74, 6) is -0.765. The molecular formula is C12H13FN2O. The van der Waals surface area contributed by atoms with Crippen LogP contribution in [0.3, 0.4) is 0 Å². The average Bonchev–Trinajstić information content (AvgIpc) is 2.19. The Kier molecular flexibility index (Phi) is 3.28. The summed E-state index contributed by atoms with van der Waals surface area (Å²) in [6, 6.07) is 5.63. The van der Waals surface area contributed by atoms with Crippen molar-refractivity contribution in [3.05, 3.63) is 29.6 Å². The van der Waals surface area contributed by atoms with Crippen molar-refractivity contribution in [3.63, 3.8) is 0 Å². The van der Waals surface area contributed by atoms with Crippen molar-refractivity contribution < 1.29 is 9.18 Å². The van der Waals surface area contributed by atoms with Crippen molar-refractivity contribution in [2.45, 2.75) is 20.8 Å². The summed E-state index contributed by atoms with van der Waals surface area (Å²) >= 11 is 0. The fourth-order valence-electron chi connectivity index (χ4n) is 1.01. The Morgan fingerprint density at radius 1 is 1.44 bits per heavy atom. The first kappa shape index (κ1) is 12.2. The Morgan fingerprint density at radius 3 is 2.56 bits per heavy atom. The number of benzene rings is 1. The SMILES string of the molecule is CC(C)(C)C(=O)Nc1ccc(F)c(C#N)c1. The number of amides is 1. The highest BCUT2D eigenvalue weighted by Crippen LogP contribution is 2.19. The molecule has 0 heterocycles. The molecule has 1 rings (SSSR count). The van der Waals surface area contributed by atoms with Gasteiger partial charge in [-0.2, -0.15) is 5.26 Å². The van der Waals surface area contributed by atoms with Crippen LogP contribution in [0.1, 0.15) is 26.3 Å². The zero-order chi connectivity index (χ0) is 12.3. The fraction of sp³-hybridized carbons (Fsp3) is 0.333. The van der Waals surface area contributed by atoms with Crippen molar-refractivity contribution in [2.75, 3.05) is 5.32 Å². The number of nitrogens with zero attached hydrogens (tertiary/aromatic N) is 1. The summed E-state index contributed by atoms with van der Waals surface area (Å²) in [5.41, 5.74) is -0.175. The topological polar surface area (TPSA) is 52.9 Å². The van der Waals surface area contributed by atoms with E-state index in [1.54, 1.807) is 26.8 Å². The lowest BCUT2D eigenvalue weighted by molar-refractivity contribution is -0.123. The average molecular weight is 220 g/mol. The monoisotopic (exact) mass is 220 g/mol. The van der Waals surface area contributed by atoms with E-state index < -0.39 is 11.2 Å². The molecule has 0 aliphatic heterocycles. The molecule has 1 aromatic rings. The normalized spacial score (nSPS) is 10.7. The number of anilines is 1. The second-order valence-corrected chi connectivity index (χ2v) is 4.51. The van der Waals surface area contributed by atoms with Crippen LogP contribution in [0.15, 0.2) is 18.2 Å². The molecule has 0 bridgehead atoms. The summed E-state index contributed by atoms with van der Waals surface area (Å²) < 4.78 is 13.0. The zero-order valence-corrected chi connectivity index (χ0v) is 9.47. The third-order valence-electron chi connectivity index (χ3n) is 2.03. The number of nitriles is 1. The Hall–Kier alpha value is -1.89. The van der Waals surface area contributed by atoms with Gasteiger partial charge in [-0.3, -0.25) is 4.79 Å². The summed E-state index contributed by atoms with van der Waals surface area (Å²) in [6.45, 7) is 5.32. The smallest absolute Gasteiger partial charge is 0.229 e. The van der Waals surface area contributed by atoms with Gasteiger partial charge in [-0.25, -0.2) is 4.39 Å². The van der Waals surface area contributed by atoms with Crippen LogP contribution in [0.4, 0.5) is 10.1 Å². The van der Waals surface area contributed by atoms with Gasteiger partial charge in [0, 0.05) is 11.1 Å². The van der Waals surface area contributed by atoms with Crippen LogP contribution in [0.2, 0.25) is 0 Å². The first-order valence-electron chi connectivity index (χ1n) is 4.85. The molecule has 0 aliphatic rings. The Labute approximate surface area is 93.9 Å². The minimum atomic E-state index is -0.587. The van der Waals surface area contributed by atoms with Gasteiger partial charge < -0.3 is 5.32 Å². The quantitative estimate of drug-likeness (QED) is 0.791. The number of hydrogen-bond acceptors (Lipinski definition) is 2. The van der Waals surface area contributed by atoms with E-state index in [-0.39, 0.29) is 11.5 Å². The number of rotatable bonds is 1. The predicted molar refractivity (Wildman–Crippen MR) is 59.2 cm³/mol. The molecule has 0 radical (unpaired) electrons. The van der Waals surface area contributed by atoms with Gasteiger partial charge in [-0.1, -0.05) is 20.8 Å². The largest absolute Gasteiger partial charge is 0.326 e. The maximum Gasteiger partial charge on any atom is 0.229 e. The van der Waals surface area contributed by atoms with E-state index in [1.807, 2.05) is 0 Å². The van der Waals surface area contributed by atoms with Crippen LogP contribution < -0.4 is 5.32 Å². The summed E-state index contributed by atoms with van der Waals surface area (Å²) in [4.78, 5) is 11.6. The maximum atomic E-state index is 13.0. The molecular weight excluding hydrogens is 207 g/mol. The molecule has 1 amide bonds. The van der Waals surface area contributed by atoms with Crippen LogP contribution in [-0.2, 0) is 4.79 Å². The van der Waals surface area contributed by atoms with Gasteiger partial charge in [0.05, 0.1) is 5.56 Å². The summed E-state index contributed by atoms with van der Waals surface area (Å²) in [5, 5.41) is 11.3. The minimum Gasteiger partial charge on any atom is -0.326 e. The Balaban J connectivity index is 2.92. The van der Waals surface area contributed by atoms with Gasteiger partial charge >= 0.3 is 0 Å². The molecule has 84 valence electrons. The van der Waals surface area contributed by atoms with E-state index in [2.05, 4.69) is 5.32 Å². The molecule has 0 fully saturated rings. The minimum absolute atomic E-state index is 0.0771. The van der Waals surface area contributed by atoms with Crippen LogP contribution in [0.5, 0.6) is 0 Å². The van der Waals surface area contributed by atoms with E-state index in [1.165, 1.54) is 12.1 Å². The molecule has 1 aromatic carbocycles. The van der Waals surface area contributed by atoms with E-state index >= 15 is 0 Å². The molecule has 1 N–H and O–H groups in total. The van der Waals surface area contributed by atoms with Crippen molar-refractivity contribution in [1.29, 1.82) is 5.26 Å². The van der Waals surface area contributed by atoms with Crippen LogP contribution >= 0.6 is 0 Å². The van der Waals surface area contributed by atoms with Crippen molar-refractivity contribution in [1.82, 2.24) is 0 Å².